The first kappa shape index (κ1) is 24.3. The summed E-state index contributed by atoms with van der Waals surface area (Å²) < 4.78 is 1.69. The van der Waals surface area contributed by atoms with E-state index in [0.717, 1.165) is 34.2 Å². The fraction of sp³-hybridized carbons (Fsp3) is 0.346. The number of aryl methyl sites for hydroxylation is 1. The second kappa shape index (κ2) is 9.80. The molecule has 1 amide bonds. The molecule has 3 aromatic rings. The minimum atomic E-state index is -0.795. The number of hydrogen-bond acceptors (Lipinski definition) is 3. The second-order valence-electron chi connectivity index (χ2n) is 8.82. The highest BCUT2D eigenvalue weighted by atomic mass is 35.5. The van der Waals surface area contributed by atoms with Crippen molar-refractivity contribution in [1.29, 1.82) is 0 Å². The lowest BCUT2D eigenvalue weighted by atomic mass is 9.80. The number of halogens is 2. The van der Waals surface area contributed by atoms with E-state index >= 15 is 0 Å². The maximum atomic E-state index is 13.4. The maximum absolute atomic E-state index is 13.4. The SMILES string of the molecule is CCC(c1cccc2c1CCN(C(=O)c1c(Cl)cc(-c3cnn(C)c3)cc1Cl)C2)C(C)C(=O)O. The van der Waals surface area contributed by atoms with E-state index in [9.17, 15) is 14.7 Å². The highest BCUT2D eigenvalue weighted by Crippen LogP contribution is 2.36. The predicted molar refractivity (Wildman–Crippen MR) is 133 cm³/mol. The molecule has 4 rings (SSSR count). The average molecular weight is 500 g/mol. The summed E-state index contributed by atoms with van der Waals surface area (Å²) in [6, 6.07) is 9.46. The van der Waals surface area contributed by atoms with Crippen molar-refractivity contribution >= 4 is 35.1 Å². The molecule has 2 aromatic carbocycles. The average Bonchev–Trinajstić information content (AvgIpc) is 3.25. The number of fused-ring (bicyclic) bond motifs is 1. The van der Waals surface area contributed by atoms with Crippen LogP contribution in [0, 0.1) is 5.92 Å². The van der Waals surface area contributed by atoms with Crippen LogP contribution in [-0.2, 0) is 24.8 Å². The first-order valence-corrected chi connectivity index (χ1v) is 12.1. The molecule has 8 heteroatoms. The monoisotopic (exact) mass is 499 g/mol. The van der Waals surface area contributed by atoms with Crippen LogP contribution in [0.25, 0.3) is 11.1 Å². The molecule has 0 spiro atoms. The molecule has 0 saturated carbocycles. The van der Waals surface area contributed by atoms with Gasteiger partial charge in [0.2, 0.25) is 0 Å². The van der Waals surface area contributed by atoms with Gasteiger partial charge in [-0.3, -0.25) is 14.3 Å². The Bertz CT molecular complexity index is 1230. The fourth-order valence-electron chi connectivity index (χ4n) is 4.85. The summed E-state index contributed by atoms with van der Waals surface area (Å²) in [5.74, 6) is -1.56. The van der Waals surface area contributed by atoms with Crippen molar-refractivity contribution < 1.29 is 14.7 Å². The number of carboxylic acids is 1. The first-order valence-electron chi connectivity index (χ1n) is 11.3. The van der Waals surface area contributed by atoms with Crippen LogP contribution >= 0.6 is 23.2 Å². The number of benzene rings is 2. The van der Waals surface area contributed by atoms with Gasteiger partial charge in [0.05, 0.1) is 27.7 Å². The molecular weight excluding hydrogens is 473 g/mol. The molecular formula is C26H27Cl2N3O3. The molecule has 0 fully saturated rings. The number of carbonyl (C=O) groups is 2. The Morgan fingerprint density at radius 3 is 2.47 bits per heavy atom. The zero-order valence-electron chi connectivity index (χ0n) is 19.4. The van der Waals surface area contributed by atoms with Gasteiger partial charge >= 0.3 is 5.97 Å². The summed E-state index contributed by atoms with van der Waals surface area (Å²) in [6.45, 7) is 4.71. The molecule has 6 nitrogen and oxygen atoms in total. The van der Waals surface area contributed by atoms with E-state index in [-0.39, 0.29) is 11.8 Å². The predicted octanol–water partition coefficient (Wildman–Crippen LogP) is 5.81. The fourth-order valence-corrected chi connectivity index (χ4v) is 5.50. The van der Waals surface area contributed by atoms with Gasteiger partial charge < -0.3 is 10.0 Å². The van der Waals surface area contributed by atoms with Gasteiger partial charge in [-0.05, 0) is 53.1 Å². The topological polar surface area (TPSA) is 75.4 Å². The Balaban J connectivity index is 1.61. The van der Waals surface area contributed by atoms with Crippen LogP contribution in [0.3, 0.4) is 0 Å². The summed E-state index contributed by atoms with van der Waals surface area (Å²) in [4.78, 5) is 26.8. The van der Waals surface area contributed by atoms with Gasteiger partial charge in [0.25, 0.3) is 5.91 Å². The molecule has 0 saturated heterocycles. The lowest BCUT2D eigenvalue weighted by Gasteiger charge is -2.33. The number of aliphatic carboxylic acids is 1. The van der Waals surface area contributed by atoms with Crippen molar-refractivity contribution in [3.8, 4) is 11.1 Å². The molecule has 0 radical (unpaired) electrons. The smallest absolute Gasteiger partial charge is 0.306 e. The number of carbonyl (C=O) groups excluding carboxylic acids is 1. The molecule has 2 atom stereocenters. The number of hydrogen-bond donors (Lipinski definition) is 1. The van der Waals surface area contributed by atoms with Crippen LogP contribution < -0.4 is 0 Å². The number of amides is 1. The minimum Gasteiger partial charge on any atom is -0.481 e. The molecule has 1 aliphatic heterocycles. The Kier molecular flexibility index (Phi) is 7.01. The number of aromatic nitrogens is 2. The van der Waals surface area contributed by atoms with E-state index in [4.69, 9.17) is 23.2 Å². The van der Waals surface area contributed by atoms with E-state index in [1.54, 1.807) is 34.8 Å². The van der Waals surface area contributed by atoms with Crippen LogP contribution in [0.1, 0.15) is 53.2 Å². The zero-order valence-corrected chi connectivity index (χ0v) is 20.9. The third kappa shape index (κ3) is 4.57. The Morgan fingerprint density at radius 2 is 1.88 bits per heavy atom. The number of nitrogens with zero attached hydrogens (tertiary/aromatic N) is 3. The van der Waals surface area contributed by atoms with Crippen molar-refractivity contribution in [2.45, 2.75) is 39.2 Å². The van der Waals surface area contributed by atoms with Gasteiger partial charge in [0.15, 0.2) is 0 Å². The van der Waals surface area contributed by atoms with Crippen molar-refractivity contribution in [2.75, 3.05) is 6.54 Å². The number of rotatable bonds is 6. The number of carboxylic acid groups (broad SMARTS) is 1. The molecule has 34 heavy (non-hydrogen) atoms. The molecule has 2 unspecified atom stereocenters. The van der Waals surface area contributed by atoms with Crippen molar-refractivity contribution in [3.05, 3.63) is 75.0 Å². The molecule has 1 aliphatic rings. The van der Waals surface area contributed by atoms with Crippen LogP contribution in [0.15, 0.2) is 42.7 Å². The van der Waals surface area contributed by atoms with Gasteiger partial charge in [0.1, 0.15) is 0 Å². The molecule has 1 aromatic heterocycles. The standard InChI is InChI=1S/C26H27Cl2N3O3/c1-4-19(15(2)26(33)34)21-7-5-6-16-14-31(9-8-20(16)21)25(32)24-22(27)10-17(11-23(24)28)18-12-29-30(3)13-18/h5-7,10-13,15,19H,4,8-9,14H2,1-3H3,(H,33,34). The Morgan fingerprint density at radius 1 is 1.18 bits per heavy atom. The van der Waals surface area contributed by atoms with Gasteiger partial charge in [-0.2, -0.15) is 5.10 Å². The van der Waals surface area contributed by atoms with E-state index in [2.05, 4.69) is 5.10 Å². The lowest BCUT2D eigenvalue weighted by molar-refractivity contribution is -0.141. The van der Waals surface area contributed by atoms with Crippen molar-refractivity contribution in [2.24, 2.45) is 13.0 Å². The van der Waals surface area contributed by atoms with Gasteiger partial charge in [-0.15, -0.1) is 0 Å². The van der Waals surface area contributed by atoms with Gasteiger partial charge in [-0.1, -0.05) is 55.2 Å². The molecule has 0 bridgehead atoms. The molecule has 0 aliphatic carbocycles. The normalized spacial score (nSPS) is 15.0. The summed E-state index contributed by atoms with van der Waals surface area (Å²) in [5.41, 5.74) is 5.21. The minimum absolute atomic E-state index is 0.0707. The molecule has 1 N–H and O–H groups in total. The van der Waals surface area contributed by atoms with E-state index in [0.29, 0.717) is 35.1 Å². The van der Waals surface area contributed by atoms with Crippen LogP contribution in [-0.4, -0.2) is 38.2 Å². The van der Waals surface area contributed by atoms with E-state index < -0.39 is 11.9 Å². The zero-order chi connectivity index (χ0) is 24.6. The third-order valence-corrected chi connectivity index (χ3v) is 7.31. The molecule has 178 valence electrons. The Hall–Kier alpha value is -2.83. The summed E-state index contributed by atoms with van der Waals surface area (Å²) in [5, 5.41) is 14.3. The summed E-state index contributed by atoms with van der Waals surface area (Å²) in [7, 11) is 1.83. The van der Waals surface area contributed by atoms with Crippen LogP contribution in [0.2, 0.25) is 10.0 Å². The van der Waals surface area contributed by atoms with Gasteiger partial charge in [0, 0.05) is 31.9 Å². The first-order chi connectivity index (χ1) is 16.2. The van der Waals surface area contributed by atoms with E-state index in [1.807, 2.05) is 38.4 Å². The maximum Gasteiger partial charge on any atom is 0.306 e. The van der Waals surface area contributed by atoms with Crippen LogP contribution in [0.4, 0.5) is 0 Å². The van der Waals surface area contributed by atoms with E-state index in [1.165, 1.54) is 0 Å². The molecule has 2 heterocycles. The van der Waals surface area contributed by atoms with Crippen molar-refractivity contribution in [1.82, 2.24) is 14.7 Å². The second-order valence-corrected chi connectivity index (χ2v) is 9.64. The third-order valence-electron chi connectivity index (χ3n) is 6.72. The summed E-state index contributed by atoms with van der Waals surface area (Å²) >= 11 is 13.1. The quantitative estimate of drug-likeness (QED) is 0.464. The van der Waals surface area contributed by atoms with Crippen LogP contribution in [0.5, 0.6) is 0 Å². The Labute approximate surface area is 209 Å². The largest absolute Gasteiger partial charge is 0.481 e. The summed E-state index contributed by atoms with van der Waals surface area (Å²) in [6.07, 6.45) is 4.97. The van der Waals surface area contributed by atoms with Gasteiger partial charge in [-0.25, -0.2) is 0 Å². The van der Waals surface area contributed by atoms with Crippen molar-refractivity contribution in [3.63, 3.8) is 0 Å². The lowest BCUT2D eigenvalue weighted by Crippen LogP contribution is -2.37. The highest BCUT2D eigenvalue weighted by molar-refractivity contribution is 6.40. The highest BCUT2D eigenvalue weighted by Gasteiger charge is 2.30.